The van der Waals surface area contributed by atoms with E-state index < -0.39 is 0 Å². The average molecular weight is 680 g/mol. The number of hydrogen-bond acceptors (Lipinski definition) is 2. The van der Waals surface area contributed by atoms with Crippen molar-refractivity contribution in [2.24, 2.45) is 0 Å². The van der Waals surface area contributed by atoms with E-state index in [-0.39, 0.29) is 0 Å². The van der Waals surface area contributed by atoms with Crippen LogP contribution in [0.3, 0.4) is 0 Å². The van der Waals surface area contributed by atoms with E-state index in [4.69, 9.17) is 0 Å². The van der Waals surface area contributed by atoms with Crippen molar-refractivity contribution >= 4 is 70.1 Å². The molecule has 0 bridgehead atoms. The second-order valence-electron chi connectivity index (χ2n) is 13.3. The van der Waals surface area contributed by atoms with E-state index in [1.807, 2.05) is 11.3 Å². The van der Waals surface area contributed by atoms with Crippen molar-refractivity contribution in [3.8, 4) is 33.4 Å². The standard InChI is InChI=1S/C50H33NS/c1-3-18-41-35(12-1)14-10-22-42(41)38-16-9-17-39(32-38)44-20-5-7-23-47(44)51(48-24-11-15-36-13-2-4-19-43(36)48)40-29-26-34(27-30-40)37-28-31-46-45-21-6-8-25-49(45)52-50(46)33-37/h1-33H. The highest BCUT2D eigenvalue weighted by molar-refractivity contribution is 7.25. The molecule has 0 radical (unpaired) electrons. The molecule has 0 spiro atoms. The lowest BCUT2D eigenvalue weighted by Crippen LogP contribution is -2.11. The summed E-state index contributed by atoms with van der Waals surface area (Å²) in [5.74, 6) is 0. The first-order valence-electron chi connectivity index (χ1n) is 17.8. The molecule has 0 saturated heterocycles. The number of fused-ring (bicyclic) bond motifs is 5. The number of rotatable bonds is 6. The van der Waals surface area contributed by atoms with Crippen LogP contribution in [0.2, 0.25) is 0 Å². The molecule has 0 atom stereocenters. The van der Waals surface area contributed by atoms with Gasteiger partial charge in [-0.1, -0.05) is 158 Å². The lowest BCUT2D eigenvalue weighted by Gasteiger charge is -2.29. The molecule has 0 fully saturated rings. The number of thiophene rings is 1. The summed E-state index contributed by atoms with van der Waals surface area (Å²) in [5, 5.41) is 7.59. The summed E-state index contributed by atoms with van der Waals surface area (Å²) in [7, 11) is 0. The van der Waals surface area contributed by atoms with Crippen LogP contribution < -0.4 is 4.90 Å². The lowest BCUT2D eigenvalue weighted by atomic mass is 9.94. The van der Waals surface area contributed by atoms with Crippen LogP contribution in [0.4, 0.5) is 17.1 Å². The third-order valence-corrected chi connectivity index (χ3v) is 11.4. The Morgan fingerprint density at radius 1 is 0.308 bits per heavy atom. The lowest BCUT2D eigenvalue weighted by molar-refractivity contribution is 1.30. The summed E-state index contributed by atoms with van der Waals surface area (Å²) >= 11 is 1.87. The van der Waals surface area contributed by atoms with Crippen LogP contribution in [0, 0.1) is 0 Å². The normalized spacial score (nSPS) is 11.5. The minimum atomic E-state index is 1.11. The number of hydrogen-bond donors (Lipinski definition) is 0. The van der Waals surface area contributed by atoms with Gasteiger partial charge in [0.2, 0.25) is 0 Å². The Bertz CT molecular complexity index is 2910. The quantitative estimate of drug-likeness (QED) is 0.169. The molecule has 2 heteroatoms. The molecular formula is C50H33NS. The van der Waals surface area contributed by atoms with Gasteiger partial charge in [-0.25, -0.2) is 0 Å². The molecule has 0 aliphatic rings. The van der Waals surface area contributed by atoms with Gasteiger partial charge in [-0.3, -0.25) is 0 Å². The molecule has 10 aromatic rings. The summed E-state index contributed by atoms with van der Waals surface area (Å²) in [6.45, 7) is 0. The van der Waals surface area contributed by atoms with Crippen molar-refractivity contribution in [3.05, 3.63) is 200 Å². The number of nitrogens with zero attached hydrogens (tertiary/aromatic N) is 1. The number of anilines is 3. The van der Waals surface area contributed by atoms with Gasteiger partial charge in [0.15, 0.2) is 0 Å². The van der Waals surface area contributed by atoms with Crippen LogP contribution >= 0.6 is 11.3 Å². The molecule has 0 N–H and O–H groups in total. The van der Waals surface area contributed by atoms with E-state index >= 15 is 0 Å². The summed E-state index contributed by atoms with van der Waals surface area (Å²) in [4.78, 5) is 2.43. The molecule has 10 rings (SSSR count). The van der Waals surface area contributed by atoms with E-state index in [0.717, 1.165) is 17.1 Å². The Hall–Kier alpha value is -6.48. The van der Waals surface area contributed by atoms with Crippen LogP contribution in [-0.2, 0) is 0 Å². The summed E-state index contributed by atoms with van der Waals surface area (Å²) in [6.07, 6.45) is 0. The fourth-order valence-corrected chi connectivity index (χ4v) is 8.91. The van der Waals surface area contributed by atoms with Gasteiger partial charge in [-0.15, -0.1) is 11.3 Å². The Kier molecular flexibility index (Phi) is 7.41. The SMILES string of the molecule is c1cc(-c2ccccc2N(c2ccc(-c3ccc4c(c3)sc3ccccc34)cc2)c2cccc3ccccc23)cc(-c2cccc3ccccc23)c1. The predicted molar refractivity (Wildman–Crippen MR) is 225 cm³/mol. The third-order valence-electron chi connectivity index (χ3n) is 10.3. The Morgan fingerprint density at radius 2 is 0.865 bits per heavy atom. The highest BCUT2D eigenvalue weighted by Gasteiger charge is 2.20. The van der Waals surface area contributed by atoms with Crippen LogP contribution in [0.15, 0.2) is 200 Å². The maximum atomic E-state index is 2.43. The van der Waals surface area contributed by atoms with Crippen LogP contribution in [0.5, 0.6) is 0 Å². The summed E-state index contributed by atoms with van der Waals surface area (Å²) in [6, 6.07) is 73.0. The molecule has 9 aromatic carbocycles. The predicted octanol–water partition coefficient (Wildman–Crippen LogP) is 14.8. The molecule has 1 heterocycles. The van der Waals surface area contributed by atoms with Crippen molar-refractivity contribution in [1.29, 1.82) is 0 Å². The zero-order chi connectivity index (χ0) is 34.4. The fraction of sp³-hybridized carbons (Fsp3) is 0. The third kappa shape index (κ3) is 5.24. The molecule has 244 valence electrons. The Morgan fingerprint density at radius 3 is 1.71 bits per heavy atom. The molecule has 0 unspecified atom stereocenters. The van der Waals surface area contributed by atoms with E-state index in [0.29, 0.717) is 0 Å². The minimum Gasteiger partial charge on any atom is -0.309 e. The first-order chi connectivity index (χ1) is 25.8. The maximum absolute atomic E-state index is 2.43. The topological polar surface area (TPSA) is 3.24 Å². The van der Waals surface area contributed by atoms with Gasteiger partial charge in [-0.05, 0) is 86.4 Å². The monoisotopic (exact) mass is 679 g/mol. The average Bonchev–Trinajstić information content (AvgIpc) is 3.59. The van der Waals surface area contributed by atoms with Gasteiger partial charge in [0.1, 0.15) is 0 Å². The zero-order valence-electron chi connectivity index (χ0n) is 28.4. The smallest absolute Gasteiger partial charge is 0.0540 e. The van der Waals surface area contributed by atoms with Gasteiger partial charge in [0.25, 0.3) is 0 Å². The fourth-order valence-electron chi connectivity index (χ4n) is 7.76. The molecule has 1 aromatic heterocycles. The van der Waals surface area contributed by atoms with Crippen molar-refractivity contribution in [1.82, 2.24) is 0 Å². The molecule has 1 nitrogen and oxygen atoms in total. The highest BCUT2D eigenvalue weighted by atomic mass is 32.1. The highest BCUT2D eigenvalue weighted by Crippen LogP contribution is 2.45. The second-order valence-corrected chi connectivity index (χ2v) is 14.4. The Labute approximate surface area is 307 Å². The van der Waals surface area contributed by atoms with Crippen LogP contribution in [-0.4, -0.2) is 0 Å². The van der Waals surface area contributed by atoms with Crippen LogP contribution in [0.1, 0.15) is 0 Å². The molecular weight excluding hydrogens is 647 g/mol. The molecule has 52 heavy (non-hydrogen) atoms. The van der Waals surface area contributed by atoms with Crippen molar-refractivity contribution in [2.75, 3.05) is 4.90 Å². The molecule has 0 amide bonds. The second kappa shape index (κ2) is 12.7. The van der Waals surface area contributed by atoms with Gasteiger partial charge in [0, 0.05) is 36.8 Å². The summed E-state index contributed by atoms with van der Waals surface area (Å²) < 4.78 is 2.65. The zero-order valence-corrected chi connectivity index (χ0v) is 29.2. The van der Waals surface area contributed by atoms with Gasteiger partial charge in [-0.2, -0.15) is 0 Å². The first kappa shape index (κ1) is 30.4. The van der Waals surface area contributed by atoms with E-state index in [1.165, 1.54) is 75.1 Å². The molecule has 0 saturated carbocycles. The van der Waals surface area contributed by atoms with Crippen LogP contribution in [0.25, 0.3) is 75.1 Å². The Balaban J connectivity index is 1.11. The number of benzene rings is 9. The van der Waals surface area contributed by atoms with Crippen molar-refractivity contribution < 1.29 is 0 Å². The summed E-state index contributed by atoms with van der Waals surface area (Å²) in [5.41, 5.74) is 10.6. The van der Waals surface area contributed by atoms with E-state index in [1.54, 1.807) is 0 Å². The van der Waals surface area contributed by atoms with Gasteiger partial charge in [0.05, 0.1) is 11.4 Å². The number of para-hydroxylation sites is 1. The van der Waals surface area contributed by atoms with Gasteiger partial charge >= 0.3 is 0 Å². The maximum Gasteiger partial charge on any atom is 0.0540 e. The van der Waals surface area contributed by atoms with Crippen molar-refractivity contribution in [3.63, 3.8) is 0 Å². The van der Waals surface area contributed by atoms with Crippen molar-refractivity contribution in [2.45, 2.75) is 0 Å². The largest absolute Gasteiger partial charge is 0.309 e. The molecule has 0 aliphatic heterocycles. The van der Waals surface area contributed by atoms with E-state index in [9.17, 15) is 0 Å². The van der Waals surface area contributed by atoms with Gasteiger partial charge < -0.3 is 4.90 Å². The van der Waals surface area contributed by atoms with E-state index in [2.05, 4.69) is 205 Å². The first-order valence-corrected chi connectivity index (χ1v) is 18.6. The molecule has 0 aliphatic carbocycles. The minimum absolute atomic E-state index is 1.11.